The second-order valence-electron chi connectivity index (χ2n) is 6.43. The number of rotatable bonds is 3. The van der Waals surface area contributed by atoms with Crippen LogP contribution in [0, 0.1) is 12.7 Å². The number of anilines is 1. The van der Waals surface area contributed by atoms with Gasteiger partial charge >= 0.3 is 0 Å². The molecule has 2 aromatic heterocycles. The Bertz CT molecular complexity index is 936. The summed E-state index contributed by atoms with van der Waals surface area (Å²) < 4.78 is 15.6. The molecule has 0 saturated carbocycles. The highest BCUT2D eigenvalue weighted by molar-refractivity contribution is 7.80. The van der Waals surface area contributed by atoms with E-state index in [0.717, 1.165) is 22.8 Å². The van der Waals surface area contributed by atoms with Gasteiger partial charge in [-0.05, 0) is 67.7 Å². The first-order valence-corrected chi connectivity index (χ1v) is 8.85. The van der Waals surface area contributed by atoms with Crippen molar-refractivity contribution in [2.45, 2.75) is 19.0 Å². The van der Waals surface area contributed by atoms with Gasteiger partial charge in [-0.15, -0.1) is 0 Å². The average molecular weight is 366 g/mol. The maximum Gasteiger partial charge on any atom is 0.174 e. The van der Waals surface area contributed by atoms with E-state index in [1.807, 2.05) is 30.1 Å². The number of thiocarbonyl (C=S) groups is 1. The minimum absolute atomic E-state index is 0.0819. The van der Waals surface area contributed by atoms with Crippen molar-refractivity contribution < 1.29 is 4.39 Å². The highest BCUT2D eigenvalue weighted by Gasteiger charge is 2.41. The van der Waals surface area contributed by atoms with Crippen LogP contribution in [0.5, 0.6) is 0 Å². The molecule has 1 aliphatic rings. The molecule has 1 N–H and O–H groups in total. The molecule has 1 aromatic carbocycles. The Hall–Kier alpha value is -2.73. The quantitative estimate of drug-likeness (QED) is 0.709. The lowest BCUT2D eigenvalue weighted by Gasteiger charge is -2.28. The van der Waals surface area contributed by atoms with Gasteiger partial charge in [0.05, 0.1) is 11.7 Å². The van der Waals surface area contributed by atoms with Gasteiger partial charge in [-0.3, -0.25) is 4.98 Å². The summed E-state index contributed by atoms with van der Waals surface area (Å²) in [4.78, 5) is 6.58. The number of nitrogens with one attached hydrogen (secondary N) is 1. The van der Waals surface area contributed by atoms with Gasteiger partial charge in [0.25, 0.3) is 0 Å². The van der Waals surface area contributed by atoms with E-state index in [1.165, 1.54) is 12.1 Å². The molecule has 1 aliphatic heterocycles. The number of aryl methyl sites for hydroxylation is 1. The molecule has 0 amide bonds. The predicted octanol–water partition coefficient (Wildman–Crippen LogP) is 4.04. The molecule has 4 rings (SSSR count). The maximum absolute atomic E-state index is 13.4. The molecule has 0 aliphatic carbocycles. The predicted molar refractivity (Wildman–Crippen MR) is 104 cm³/mol. The van der Waals surface area contributed by atoms with E-state index in [1.54, 1.807) is 18.3 Å². The van der Waals surface area contributed by atoms with Crippen molar-refractivity contribution in [1.82, 2.24) is 14.9 Å². The highest BCUT2D eigenvalue weighted by atomic mass is 32.1. The second-order valence-corrected chi connectivity index (χ2v) is 6.82. The third-order valence-electron chi connectivity index (χ3n) is 4.92. The Morgan fingerprint density at radius 2 is 1.85 bits per heavy atom. The molecule has 3 heterocycles. The minimum atomic E-state index is -0.264. The number of aromatic nitrogens is 2. The van der Waals surface area contributed by atoms with Crippen molar-refractivity contribution in [3.8, 4) is 0 Å². The SMILES string of the molecule is Cc1ccc([C@H]2[C@@H](c3ccccn3)NC(=S)N2c2ccc(F)cc2)n1C. The van der Waals surface area contributed by atoms with Crippen LogP contribution in [0.1, 0.15) is 29.2 Å². The standard InChI is InChI=1S/C20H19FN4S/c1-13-6-11-17(24(13)2)19-18(16-5-3-4-12-22-16)23-20(26)25(19)15-9-7-14(21)8-10-15/h3-12,18-19H,1-2H3,(H,23,26)/t18-,19+/m1/s1. The summed E-state index contributed by atoms with van der Waals surface area (Å²) in [6.45, 7) is 2.07. The molecule has 4 nitrogen and oxygen atoms in total. The van der Waals surface area contributed by atoms with Gasteiger partial charge in [-0.25, -0.2) is 4.39 Å². The number of pyridine rings is 1. The van der Waals surface area contributed by atoms with Crippen LogP contribution in [-0.4, -0.2) is 14.7 Å². The number of hydrogen-bond acceptors (Lipinski definition) is 2. The van der Waals surface area contributed by atoms with Gasteiger partial charge in [-0.1, -0.05) is 6.07 Å². The van der Waals surface area contributed by atoms with Crippen LogP contribution < -0.4 is 10.2 Å². The number of halogens is 1. The van der Waals surface area contributed by atoms with Crippen LogP contribution in [0.15, 0.2) is 60.8 Å². The molecule has 6 heteroatoms. The largest absolute Gasteiger partial charge is 0.351 e. The zero-order valence-corrected chi connectivity index (χ0v) is 15.4. The zero-order valence-electron chi connectivity index (χ0n) is 14.6. The molecule has 26 heavy (non-hydrogen) atoms. The van der Waals surface area contributed by atoms with Gasteiger partial charge in [0.1, 0.15) is 11.9 Å². The molecule has 132 valence electrons. The summed E-state index contributed by atoms with van der Waals surface area (Å²) >= 11 is 5.64. The monoisotopic (exact) mass is 366 g/mol. The van der Waals surface area contributed by atoms with Crippen molar-refractivity contribution in [2.75, 3.05) is 4.90 Å². The van der Waals surface area contributed by atoms with Gasteiger partial charge < -0.3 is 14.8 Å². The van der Waals surface area contributed by atoms with Crippen LogP contribution >= 0.6 is 12.2 Å². The Morgan fingerprint density at radius 3 is 2.46 bits per heavy atom. The lowest BCUT2D eigenvalue weighted by molar-refractivity contribution is 0.538. The molecule has 2 atom stereocenters. The van der Waals surface area contributed by atoms with E-state index >= 15 is 0 Å². The Balaban J connectivity index is 1.85. The Labute approximate surface area is 157 Å². The lowest BCUT2D eigenvalue weighted by atomic mass is 10.0. The van der Waals surface area contributed by atoms with Crippen molar-refractivity contribution in [3.05, 3.63) is 83.7 Å². The molecule has 0 spiro atoms. The van der Waals surface area contributed by atoms with Crippen LogP contribution in [0.2, 0.25) is 0 Å². The fraction of sp³-hybridized carbons (Fsp3) is 0.200. The maximum atomic E-state index is 13.4. The second kappa shape index (κ2) is 6.53. The average Bonchev–Trinajstić information content (AvgIpc) is 3.16. The molecule has 0 unspecified atom stereocenters. The van der Waals surface area contributed by atoms with E-state index in [9.17, 15) is 4.39 Å². The molecular formula is C20H19FN4S. The van der Waals surface area contributed by atoms with Crippen molar-refractivity contribution in [2.24, 2.45) is 7.05 Å². The van der Waals surface area contributed by atoms with Crippen molar-refractivity contribution in [1.29, 1.82) is 0 Å². The highest BCUT2D eigenvalue weighted by Crippen LogP contribution is 2.41. The molecule has 1 fully saturated rings. The van der Waals surface area contributed by atoms with Crippen molar-refractivity contribution >= 4 is 23.0 Å². The van der Waals surface area contributed by atoms with Gasteiger partial charge in [0, 0.05) is 30.3 Å². The molecule has 1 saturated heterocycles. The van der Waals surface area contributed by atoms with E-state index < -0.39 is 0 Å². The first-order chi connectivity index (χ1) is 12.6. The smallest absolute Gasteiger partial charge is 0.174 e. The lowest BCUT2D eigenvalue weighted by Crippen LogP contribution is -2.30. The molecular weight excluding hydrogens is 347 g/mol. The van der Waals surface area contributed by atoms with Crippen LogP contribution in [0.3, 0.4) is 0 Å². The van der Waals surface area contributed by atoms with Gasteiger partial charge in [0.15, 0.2) is 5.11 Å². The van der Waals surface area contributed by atoms with E-state index in [0.29, 0.717) is 5.11 Å². The number of nitrogens with zero attached hydrogens (tertiary/aromatic N) is 3. The summed E-state index contributed by atoms with van der Waals surface area (Å²) in [6.07, 6.45) is 1.79. The minimum Gasteiger partial charge on any atom is -0.351 e. The summed E-state index contributed by atoms with van der Waals surface area (Å²) in [5, 5.41) is 4.01. The van der Waals surface area contributed by atoms with E-state index in [4.69, 9.17) is 12.2 Å². The Morgan fingerprint density at radius 1 is 1.08 bits per heavy atom. The topological polar surface area (TPSA) is 33.1 Å². The van der Waals surface area contributed by atoms with Crippen molar-refractivity contribution in [3.63, 3.8) is 0 Å². The fourth-order valence-corrected chi connectivity index (χ4v) is 3.81. The normalized spacial score (nSPS) is 19.7. The number of hydrogen-bond donors (Lipinski definition) is 1. The summed E-state index contributed by atoms with van der Waals surface area (Å²) in [5.74, 6) is -0.264. The van der Waals surface area contributed by atoms with E-state index in [-0.39, 0.29) is 17.9 Å². The summed E-state index contributed by atoms with van der Waals surface area (Å²) in [6, 6.07) is 16.3. The summed E-state index contributed by atoms with van der Waals surface area (Å²) in [7, 11) is 2.05. The Kier molecular flexibility index (Phi) is 4.20. The third-order valence-corrected chi connectivity index (χ3v) is 5.23. The first-order valence-electron chi connectivity index (χ1n) is 8.44. The molecule has 0 radical (unpaired) electrons. The van der Waals surface area contributed by atoms with Crippen LogP contribution in [-0.2, 0) is 7.05 Å². The van der Waals surface area contributed by atoms with Gasteiger partial charge in [-0.2, -0.15) is 0 Å². The fourth-order valence-electron chi connectivity index (χ4n) is 3.47. The molecule has 3 aromatic rings. The summed E-state index contributed by atoms with van der Waals surface area (Å²) in [5.41, 5.74) is 4.06. The van der Waals surface area contributed by atoms with Gasteiger partial charge in [0.2, 0.25) is 0 Å². The van der Waals surface area contributed by atoms with Crippen LogP contribution in [0.25, 0.3) is 0 Å². The van der Waals surface area contributed by atoms with Crippen LogP contribution in [0.4, 0.5) is 10.1 Å². The van der Waals surface area contributed by atoms with E-state index in [2.05, 4.69) is 33.9 Å². The molecule has 0 bridgehead atoms. The first kappa shape index (κ1) is 16.7. The third kappa shape index (κ3) is 2.76. The number of benzene rings is 1. The zero-order chi connectivity index (χ0) is 18.3.